The van der Waals surface area contributed by atoms with Crippen LogP contribution in [0.1, 0.15) is 57.3 Å². The van der Waals surface area contributed by atoms with E-state index < -0.39 is 5.41 Å². The minimum atomic E-state index is -0.556. The SMILES string of the molecule is C[C@H](NC(=O)CN1C(=O)CC2(CCCCC2)C1=O)c1cc2ccccc2o1. The number of carbonyl (C=O) groups is 3. The molecule has 4 rings (SSSR count). The van der Waals surface area contributed by atoms with E-state index in [2.05, 4.69) is 5.32 Å². The molecule has 1 saturated heterocycles. The maximum atomic E-state index is 12.8. The Balaban J connectivity index is 1.41. The number of imide groups is 1. The molecule has 2 heterocycles. The van der Waals surface area contributed by atoms with Gasteiger partial charge in [0.15, 0.2) is 0 Å². The lowest BCUT2D eigenvalue weighted by Crippen LogP contribution is -2.43. The molecule has 27 heavy (non-hydrogen) atoms. The number of rotatable bonds is 4. The topological polar surface area (TPSA) is 79.6 Å². The summed E-state index contributed by atoms with van der Waals surface area (Å²) in [4.78, 5) is 38.8. The second kappa shape index (κ2) is 6.83. The molecule has 2 aromatic rings. The third-order valence-electron chi connectivity index (χ3n) is 5.85. The van der Waals surface area contributed by atoms with Gasteiger partial charge in [0.25, 0.3) is 0 Å². The van der Waals surface area contributed by atoms with Gasteiger partial charge in [0.2, 0.25) is 17.7 Å². The van der Waals surface area contributed by atoms with Crippen molar-refractivity contribution in [3.05, 3.63) is 36.1 Å². The van der Waals surface area contributed by atoms with Gasteiger partial charge in [0.1, 0.15) is 17.9 Å². The van der Waals surface area contributed by atoms with Crippen LogP contribution in [-0.4, -0.2) is 29.2 Å². The molecule has 6 nitrogen and oxygen atoms in total. The van der Waals surface area contributed by atoms with Crippen LogP contribution in [0.2, 0.25) is 0 Å². The van der Waals surface area contributed by atoms with Crippen LogP contribution in [-0.2, 0) is 14.4 Å². The molecule has 2 aliphatic rings. The molecule has 1 aromatic carbocycles. The number of hydrogen-bond acceptors (Lipinski definition) is 4. The summed E-state index contributed by atoms with van der Waals surface area (Å²) in [5.74, 6) is -0.0999. The van der Waals surface area contributed by atoms with Gasteiger partial charge in [0, 0.05) is 11.8 Å². The maximum Gasteiger partial charge on any atom is 0.240 e. The zero-order valence-corrected chi connectivity index (χ0v) is 15.5. The third kappa shape index (κ3) is 3.24. The number of benzene rings is 1. The van der Waals surface area contributed by atoms with Gasteiger partial charge in [-0.25, -0.2) is 0 Å². The highest BCUT2D eigenvalue weighted by molar-refractivity contribution is 6.08. The number of para-hydroxylation sites is 1. The zero-order chi connectivity index (χ0) is 19.0. The normalized spacial score (nSPS) is 20.4. The van der Waals surface area contributed by atoms with Crippen molar-refractivity contribution < 1.29 is 18.8 Å². The largest absolute Gasteiger partial charge is 0.459 e. The van der Waals surface area contributed by atoms with Gasteiger partial charge >= 0.3 is 0 Å². The minimum absolute atomic E-state index is 0.168. The van der Waals surface area contributed by atoms with Crippen molar-refractivity contribution >= 4 is 28.7 Å². The van der Waals surface area contributed by atoms with E-state index in [0.29, 0.717) is 5.76 Å². The van der Waals surface area contributed by atoms with E-state index in [1.165, 1.54) is 0 Å². The van der Waals surface area contributed by atoms with Crippen molar-refractivity contribution in [1.82, 2.24) is 10.2 Å². The highest BCUT2D eigenvalue weighted by Crippen LogP contribution is 2.45. The molecule has 1 aromatic heterocycles. The highest BCUT2D eigenvalue weighted by Gasteiger charge is 2.51. The summed E-state index contributed by atoms with van der Waals surface area (Å²) in [6.45, 7) is 1.61. The molecule has 1 aliphatic heterocycles. The van der Waals surface area contributed by atoms with Gasteiger partial charge in [-0.05, 0) is 31.9 Å². The first-order valence-corrected chi connectivity index (χ1v) is 9.61. The Hall–Kier alpha value is -2.63. The second-order valence-corrected chi connectivity index (χ2v) is 7.78. The van der Waals surface area contributed by atoms with Gasteiger partial charge in [-0.2, -0.15) is 0 Å². The van der Waals surface area contributed by atoms with Crippen molar-refractivity contribution in [3.63, 3.8) is 0 Å². The molecule has 1 aliphatic carbocycles. The fourth-order valence-corrected chi connectivity index (χ4v) is 4.36. The van der Waals surface area contributed by atoms with Gasteiger partial charge in [0.05, 0.1) is 11.5 Å². The van der Waals surface area contributed by atoms with Crippen molar-refractivity contribution in [2.75, 3.05) is 6.54 Å². The van der Waals surface area contributed by atoms with Crippen molar-refractivity contribution in [3.8, 4) is 0 Å². The molecule has 0 unspecified atom stereocenters. The molecule has 6 heteroatoms. The summed E-state index contributed by atoms with van der Waals surface area (Å²) in [7, 11) is 0. The Bertz CT molecular complexity index is 861. The number of nitrogens with one attached hydrogen (secondary N) is 1. The number of carbonyl (C=O) groups excluding carboxylic acids is 3. The van der Waals surface area contributed by atoms with Gasteiger partial charge in [-0.1, -0.05) is 37.5 Å². The summed E-state index contributed by atoms with van der Waals surface area (Å²) in [5.41, 5.74) is 0.206. The predicted octanol–water partition coefficient (Wildman–Crippen LogP) is 3.32. The summed E-state index contributed by atoms with van der Waals surface area (Å²) < 4.78 is 5.77. The average Bonchev–Trinajstić information content (AvgIpc) is 3.18. The van der Waals surface area contributed by atoms with Crippen LogP contribution in [0, 0.1) is 5.41 Å². The number of fused-ring (bicyclic) bond motifs is 1. The first-order chi connectivity index (χ1) is 13.0. The molecule has 0 bridgehead atoms. The lowest BCUT2D eigenvalue weighted by Gasteiger charge is -2.30. The molecule has 3 amide bonds. The summed E-state index contributed by atoms with van der Waals surface area (Å²) in [6, 6.07) is 9.19. The van der Waals surface area contributed by atoms with E-state index in [9.17, 15) is 14.4 Å². The zero-order valence-electron chi connectivity index (χ0n) is 15.5. The van der Waals surface area contributed by atoms with E-state index in [1.807, 2.05) is 37.3 Å². The van der Waals surface area contributed by atoms with Crippen LogP contribution >= 0.6 is 0 Å². The van der Waals surface area contributed by atoms with Gasteiger partial charge in [-0.3, -0.25) is 19.3 Å². The summed E-state index contributed by atoms with van der Waals surface area (Å²) in [5, 5.41) is 3.81. The van der Waals surface area contributed by atoms with E-state index in [4.69, 9.17) is 4.42 Å². The number of amides is 3. The van der Waals surface area contributed by atoms with Gasteiger partial charge in [-0.15, -0.1) is 0 Å². The third-order valence-corrected chi connectivity index (χ3v) is 5.85. The predicted molar refractivity (Wildman–Crippen MR) is 99.6 cm³/mol. The fourth-order valence-electron chi connectivity index (χ4n) is 4.36. The number of hydrogen-bond donors (Lipinski definition) is 1. The summed E-state index contributed by atoms with van der Waals surface area (Å²) >= 11 is 0. The molecule has 1 atom stereocenters. The standard InChI is InChI=1S/C21H24N2O4/c1-14(17-11-15-7-3-4-8-16(15)27-17)22-18(24)13-23-19(25)12-21(20(23)26)9-5-2-6-10-21/h3-4,7-8,11,14H,2,5-6,9-10,12-13H2,1H3,(H,22,24)/t14-/m0/s1. The lowest BCUT2D eigenvalue weighted by atomic mass is 9.73. The molecule has 142 valence electrons. The molecule has 2 fully saturated rings. The molecule has 1 N–H and O–H groups in total. The Labute approximate surface area is 157 Å². The quantitative estimate of drug-likeness (QED) is 0.840. The molecular formula is C21H24N2O4. The van der Waals surface area contributed by atoms with E-state index in [-0.39, 0.29) is 36.7 Å². The van der Waals surface area contributed by atoms with E-state index in [0.717, 1.165) is 48.0 Å². The maximum absolute atomic E-state index is 12.8. The van der Waals surface area contributed by atoms with Crippen molar-refractivity contribution in [2.24, 2.45) is 5.41 Å². The van der Waals surface area contributed by atoms with Crippen LogP contribution in [0.5, 0.6) is 0 Å². The monoisotopic (exact) mass is 368 g/mol. The van der Waals surface area contributed by atoms with Crippen LogP contribution in [0.3, 0.4) is 0 Å². The van der Waals surface area contributed by atoms with Crippen molar-refractivity contribution in [2.45, 2.75) is 51.5 Å². The fraction of sp³-hybridized carbons (Fsp3) is 0.476. The van der Waals surface area contributed by atoms with Crippen LogP contribution in [0.15, 0.2) is 34.7 Å². The Kier molecular flexibility index (Phi) is 4.50. The highest BCUT2D eigenvalue weighted by atomic mass is 16.3. The van der Waals surface area contributed by atoms with Crippen LogP contribution in [0.4, 0.5) is 0 Å². The van der Waals surface area contributed by atoms with Crippen LogP contribution < -0.4 is 5.32 Å². The molecule has 1 spiro atoms. The van der Waals surface area contributed by atoms with E-state index >= 15 is 0 Å². The smallest absolute Gasteiger partial charge is 0.240 e. The van der Waals surface area contributed by atoms with Gasteiger partial charge < -0.3 is 9.73 Å². The summed E-state index contributed by atoms with van der Waals surface area (Å²) in [6.07, 6.45) is 4.82. The first-order valence-electron chi connectivity index (χ1n) is 9.61. The number of furan rings is 1. The molecular weight excluding hydrogens is 344 g/mol. The van der Waals surface area contributed by atoms with Crippen LogP contribution in [0.25, 0.3) is 11.0 Å². The molecule has 0 radical (unpaired) electrons. The Morgan fingerprint density at radius 2 is 1.96 bits per heavy atom. The molecule has 1 saturated carbocycles. The number of nitrogens with zero attached hydrogens (tertiary/aromatic N) is 1. The Morgan fingerprint density at radius 3 is 2.70 bits per heavy atom. The minimum Gasteiger partial charge on any atom is -0.459 e. The number of likely N-dealkylation sites (tertiary alicyclic amines) is 1. The van der Waals surface area contributed by atoms with Crippen molar-refractivity contribution in [1.29, 1.82) is 0 Å². The Morgan fingerprint density at radius 1 is 1.22 bits per heavy atom. The second-order valence-electron chi connectivity index (χ2n) is 7.78. The first kappa shape index (κ1) is 17.8. The average molecular weight is 368 g/mol. The van der Waals surface area contributed by atoms with E-state index in [1.54, 1.807) is 0 Å². The lowest BCUT2D eigenvalue weighted by molar-refractivity contribution is -0.145.